The maximum atomic E-state index is 11.8. The van der Waals surface area contributed by atoms with Crippen LogP contribution < -0.4 is 10.6 Å². The van der Waals surface area contributed by atoms with Crippen molar-refractivity contribution >= 4 is 40.6 Å². The smallest absolute Gasteiger partial charge is 0.339 e. The molecule has 1 aliphatic carbocycles. The maximum Gasteiger partial charge on any atom is 0.339 e. The highest BCUT2D eigenvalue weighted by molar-refractivity contribution is 7.80. The van der Waals surface area contributed by atoms with Crippen LogP contribution >= 0.6 is 23.8 Å². The fourth-order valence-electron chi connectivity index (χ4n) is 3.79. The molecule has 2 aromatic carbocycles. The lowest BCUT2D eigenvalue weighted by molar-refractivity contribution is 0.0601. The normalized spacial score (nSPS) is 15.1. The molecule has 0 bridgehead atoms. The van der Waals surface area contributed by atoms with Crippen molar-refractivity contribution in [3.8, 4) is 0 Å². The number of carbonyl (C=O) groups is 1. The molecule has 2 aromatic rings. The summed E-state index contributed by atoms with van der Waals surface area (Å²) >= 11 is 11.7. The molecular weight excluding hydrogens is 392 g/mol. The molecular formula is C22H25ClN2O2S. The summed E-state index contributed by atoms with van der Waals surface area (Å²) in [6.07, 6.45) is 6.68. The average Bonchev–Trinajstić information content (AvgIpc) is 3.16. The Morgan fingerprint density at radius 3 is 2.57 bits per heavy atom. The van der Waals surface area contributed by atoms with Crippen LogP contribution in [0.3, 0.4) is 0 Å². The summed E-state index contributed by atoms with van der Waals surface area (Å²) in [5.74, 6) is -0.470. The number of nitrogens with one attached hydrogen (secondary N) is 2. The van der Waals surface area contributed by atoms with Crippen molar-refractivity contribution in [3.05, 3.63) is 64.7 Å². The van der Waals surface area contributed by atoms with Crippen LogP contribution in [0.1, 0.15) is 48.0 Å². The van der Waals surface area contributed by atoms with Crippen LogP contribution in [0.15, 0.2) is 48.5 Å². The number of thiocarbonyl (C=S) groups is 1. The molecule has 3 rings (SSSR count). The third kappa shape index (κ3) is 5.24. The van der Waals surface area contributed by atoms with E-state index >= 15 is 0 Å². The Kier molecular flexibility index (Phi) is 6.92. The standard InChI is InChI=1S/C22H25ClN2O2S/c1-27-20(26)18-15-17(9-10-19(18)23)24-21(28)25-22(12-5-6-13-22)14-11-16-7-3-2-4-8-16/h2-4,7-10,15H,5-6,11-14H2,1H3,(H2,24,25,28). The van der Waals surface area contributed by atoms with E-state index in [1.165, 1.54) is 25.5 Å². The zero-order valence-corrected chi connectivity index (χ0v) is 17.5. The third-order valence-electron chi connectivity index (χ3n) is 5.30. The number of methoxy groups -OCH3 is 1. The van der Waals surface area contributed by atoms with Gasteiger partial charge in [0.25, 0.3) is 0 Å². The quantitative estimate of drug-likeness (QED) is 0.490. The lowest BCUT2D eigenvalue weighted by Gasteiger charge is -2.32. The molecule has 0 heterocycles. The van der Waals surface area contributed by atoms with Gasteiger partial charge in [0.1, 0.15) is 0 Å². The number of benzene rings is 2. The summed E-state index contributed by atoms with van der Waals surface area (Å²) in [7, 11) is 1.33. The number of halogens is 1. The highest BCUT2D eigenvalue weighted by atomic mass is 35.5. The highest BCUT2D eigenvalue weighted by Crippen LogP contribution is 2.34. The zero-order valence-electron chi connectivity index (χ0n) is 16.0. The van der Waals surface area contributed by atoms with Gasteiger partial charge in [0.05, 0.1) is 17.7 Å². The lowest BCUT2D eigenvalue weighted by atomic mass is 9.89. The third-order valence-corrected chi connectivity index (χ3v) is 5.84. The molecule has 0 unspecified atom stereocenters. The SMILES string of the molecule is COC(=O)c1cc(NC(=S)NC2(CCc3ccccc3)CCCC2)ccc1Cl. The second-order valence-corrected chi connectivity index (χ2v) is 8.05. The van der Waals surface area contributed by atoms with Gasteiger partial charge in [0.2, 0.25) is 0 Å². The van der Waals surface area contributed by atoms with Crippen molar-refractivity contribution in [2.24, 2.45) is 0 Å². The van der Waals surface area contributed by atoms with Gasteiger partial charge in [0.15, 0.2) is 5.11 Å². The molecule has 2 N–H and O–H groups in total. The fraction of sp³-hybridized carbons (Fsp3) is 0.364. The van der Waals surface area contributed by atoms with Gasteiger partial charge < -0.3 is 15.4 Å². The Morgan fingerprint density at radius 2 is 1.89 bits per heavy atom. The van der Waals surface area contributed by atoms with Crippen molar-refractivity contribution < 1.29 is 9.53 Å². The summed E-state index contributed by atoms with van der Waals surface area (Å²) in [5.41, 5.74) is 2.38. The Bertz CT molecular complexity index is 836. The van der Waals surface area contributed by atoms with Gasteiger partial charge in [-0.2, -0.15) is 0 Å². The molecule has 1 aliphatic rings. The van der Waals surface area contributed by atoms with E-state index < -0.39 is 5.97 Å². The first-order chi connectivity index (χ1) is 13.5. The molecule has 0 aliphatic heterocycles. The van der Waals surface area contributed by atoms with Crippen LogP contribution in [0.2, 0.25) is 5.02 Å². The molecule has 0 spiro atoms. The van der Waals surface area contributed by atoms with Gasteiger partial charge in [-0.3, -0.25) is 0 Å². The predicted molar refractivity (Wildman–Crippen MR) is 118 cm³/mol. The van der Waals surface area contributed by atoms with Crippen LogP contribution in [0.4, 0.5) is 5.69 Å². The number of carbonyl (C=O) groups excluding carboxylic acids is 1. The second-order valence-electron chi connectivity index (χ2n) is 7.24. The van der Waals surface area contributed by atoms with Crippen LogP contribution in [0.5, 0.6) is 0 Å². The van der Waals surface area contributed by atoms with Gasteiger partial charge in [-0.25, -0.2) is 4.79 Å². The number of anilines is 1. The van der Waals surface area contributed by atoms with Crippen molar-refractivity contribution in [3.63, 3.8) is 0 Å². The van der Waals surface area contributed by atoms with E-state index in [1.54, 1.807) is 18.2 Å². The first-order valence-corrected chi connectivity index (χ1v) is 10.3. The maximum absolute atomic E-state index is 11.8. The van der Waals surface area contributed by atoms with Gasteiger partial charge in [-0.15, -0.1) is 0 Å². The summed E-state index contributed by atoms with van der Waals surface area (Å²) in [4.78, 5) is 11.8. The first kappa shape index (κ1) is 20.6. The van der Waals surface area contributed by atoms with E-state index in [4.69, 9.17) is 28.6 Å². The molecule has 0 atom stereocenters. The first-order valence-electron chi connectivity index (χ1n) is 9.52. The van der Waals surface area contributed by atoms with Gasteiger partial charge in [-0.05, 0) is 61.7 Å². The van der Waals surface area contributed by atoms with Crippen molar-refractivity contribution in [2.75, 3.05) is 12.4 Å². The number of aryl methyl sites for hydroxylation is 1. The summed E-state index contributed by atoms with van der Waals surface area (Å²) in [5, 5.41) is 7.67. The van der Waals surface area contributed by atoms with Gasteiger partial charge >= 0.3 is 5.97 Å². The van der Waals surface area contributed by atoms with E-state index in [1.807, 2.05) is 6.07 Å². The largest absolute Gasteiger partial charge is 0.465 e. The summed E-state index contributed by atoms with van der Waals surface area (Å²) < 4.78 is 4.78. The number of ether oxygens (including phenoxy) is 1. The van der Waals surface area contributed by atoms with Crippen LogP contribution in [0, 0.1) is 0 Å². The molecule has 0 aromatic heterocycles. The van der Waals surface area contributed by atoms with E-state index in [0.29, 0.717) is 21.4 Å². The van der Waals surface area contributed by atoms with Crippen LogP contribution in [0.25, 0.3) is 0 Å². The molecule has 0 saturated heterocycles. The monoisotopic (exact) mass is 416 g/mol. The Morgan fingerprint density at radius 1 is 1.18 bits per heavy atom. The van der Waals surface area contributed by atoms with E-state index in [9.17, 15) is 4.79 Å². The number of hydrogen-bond donors (Lipinski definition) is 2. The zero-order chi connectivity index (χ0) is 20.0. The second kappa shape index (κ2) is 9.39. The molecule has 1 saturated carbocycles. The highest BCUT2D eigenvalue weighted by Gasteiger charge is 2.34. The van der Waals surface area contributed by atoms with E-state index in [0.717, 1.165) is 25.7 Å². The molecule has 1 fully saturated rings. The topological polar surface area (TPSA) is 50.4 Å². The van der Waals surface area contributed by atoms with E-state index in [2.05, 4.69) is 34.9 Å². The Balaban J connectivity index is 1.65. The molecule has 6 heteroatoms. The van der Waals surface area contributed by atoms with Gasteiger partial charge in [0, 0.05) is 11.2 Å². The molecule has 28 heavy (non-hydrogen) atoms. The summed E-state index contributed by atoms with van der Waals surface area (Å²) in [6.45, 7) is 0. The molecule has 148 valence electrons. The van der Waals surface area contributed by atoms with Crippen molar-refractivity contribution in [1.82, 2.24) is 5.32 Å². The summed E-state index contributed by atoms with van der Waals surface area (Å²) in [6, 6.07) is 15.7. The molecule has 0 amide bonds. The number of esters is 1. The Labute approximate surface area is 176 Å². The van der Waals surface area contributed by atoms with Crippen molar-refractivity contribution in [1.29, 1.82) is 0 Å². The predicted octanol–water partition coefficient (Wildman–Crippen LogP) is 5.36. The van der Waals surface area contributed by atoms with Gasteiger partial charge in [-0.1, -0.05) is 54.8 Å². The minimum Gasteiger partial charge on any atom is -0.465 e. The van der Waals surface area contributed by atoms with Crippen LogP contribution in [-0.4, -0.2) is 23.7 Å². The fourth-order valence-corrected chi connectivity index (χ4v) is 4.32. The lowest BCUT2D eigenvalue weighted by Crippen LogP contribution is -2.48. The van der Waals surface area contributed by atoms with Crippen molar-refractivity contribution in [2.45, 2.75) is 44.1 Å². The average molecular weight is 417 g/mol. The molecule has 0 radical (unpaired) electrons. The van der Waals surface area contributed by atoms with Crippen LogP contribution in [-0.2, 0) is 11.2 Å². The Hall–Kier alpha value is -2.11. The minimum atomic E-state index is -0.470. The number of rotatable bonds is 6. The molecule has 4 nitrogen and oxygen atoms in total. The van der Waals surface area contributed by atoms with E-state index in [-0.39, 0.29) is 5.54 Å². The minimum absolute atomic E-state index is 0.0114. The number of hydrogen-bond acceptors (Lipinski definition) is 3.